The number of hydrogen-bond donors (Lipinski definition) is 1. The number of carbonyl (C=O) groups excluding carboxylic acids is 2. The number of anilines is 1. The van der Waals surface area contributed by atoms with Crippen molar-refractivity contribution in [3.63, 3.8) is 0 Å². The summed E-state index contributed by atoms with van der Waals surface area (Å²) in [6.45, 7) is 4.03. The van der Waals surface area contributed by atoms with Gasteiger partial charge < -0.3 is 15.0 Å². The lowest BCUT2D eigenvalue weighted by atomic mass is 9.80. The molecule has 0 unspecified atom stereocenters. The van der Waals surface area contributed by atoms with Crippen molar-refractivity contribution in [1.29, 1.82) is 0 Å². The molecule has 2 fully saturated rings. The van der Waals surface area contributed by atoms with Crippen LogP contribution in [-0.4, -0.2) is 36.9 Å². The van der Waals surface area contributed by atoms with Crippen LogP contribution in [0.3, 0.4) is 0 Å². The molecule has 0 aromatic heterocycles. The molecule has 2 amide bonds. The van der Waals surface area contributed by atoms with Crippen molar-refractivity contribution in [2.75, 3.05) is 25.5 Å². The second kappa shape index (κ2) is 8.96. The molecule has 1 aromatic rings. The smallest absolute Gasteiger partial charge is 0.227 e. The number of nitrogens with one attached hydrogen (secondary N) is 1. The molecule has 0 spiro atoms. The van der Waals surface area contributed by atoms with Crippen molar-refractivity contribution in [2.45, 2.75) is 45.4 Å². The van der Waals surface area contributed by atoms with Crippen LogP contribution in [0.4, 0.5) is 5.69 Å². The van der Waals surface area contributed by atoms with Crippen LogP contribution < -0.4 is 10.1 Å². The van der Waals surface area contributed by atoms with Gasteiger partial charge in [-0.15, -0.1) is 0 Å². The number of benzene rings is 1. The van der Waals surface area contributed by atoms with E-state index in [9.17, 15) is 9.59 Å². The van der Waals surface area contributed by atoms with Gasteiger partial charge in [0.2, 0.25) is 11.8 Å². The van der Waals surface area contributed by atoms with E-state index in [1.807, 2.05) is 4.90 Å². The van der Waals surface area contributed by atoms with Crippen molar-refractivity contribution < 1.29 is 14.3 Å². The maximum atomic E-state index is 12.7. The summed E-state index contributed by atoms with van der Waals surface area (Å²) >= 11 is 6.12. The van der Waals surface area contributed by atoms with Crippen molar-refractivity contribution in [3.05, 3.63) is 23.2 Å². The highest BCUT2D eigenvalue weighted by atomic mass is 35.5. The number of carbonyl (C=O) groups is 2. The normalized spacial score (nSPS) is 23.7. The largest absolute Gasteiger partial charge is 0.495 e. The fourth-order valence-electron chi connectivity index (χ4n) is 4.08. The van der Waals surface area contributed by atoms with Gasteiger partial charge in [0.25, 0.3) is 0 Å². The van der Waals surface area contributed by atoms with Gasteiger partial charge in [0.05, 0.1) is 12.1 Å². The van der Waals surface area contributed by atoms with Gasteiger partial charge in [-0.3, -0.25) is 9.59 Å². The molecule has 2 aliphatic rings. The fourth-order valence-corrected chi connectivity index (χ4v) is 4.34. The van der Waals surface area contributed by atoms with Gasteiger partial charge in [-0.05, 0) is 62.6 Å². The minimum absolute atomic E-state index is 0.00827. The quantitative estimate of drug-likeness (QED) is 0.828. The summed E-state index contributed by atoms with van der Waals surface area (Å²) in [6, 6.07) is 5.23. The third kappa shape index (κ3) is 4.95. The molecule has 27 heavy (non-hydrogen) atoms. The first-order chi connectivity index (χ1) is 13.0. The van der Waals surface area contributed by atoms with Gasteiger partial charge in [0.1, 0.15) is 5.75 Å². The van der Waals surface area contributed by atoms with Crippen LogP contribution >= 0.6 is 11.6 Å². The number of halogens is 1. The molecule has 0 radical (unpaired) electrons. The summed E-state index contributed by atoms with van der Waals surface area (Å²) in [5.74, 6) is 1.64. The summed E-state index contributed by atoms with van der Waals surface area (Å²) in [6.07, 6.45) is 5.33. The zero-order chi connectivity index (χ0) is 19.4. The third-order valence-corrected chi connectivity index (χ3v) is 6.26. The molecule has 5 nitrogen and oxygen atoms in total. The Bertz CT molecular complexity index is 678. The number of nitrogens with zero attached hydrogens (tertiary/aromatic N) is 1. The van der Waals surface area contributed by atoms with Crippen molar-refractivity contribution in [2.24, 2.45) is 17.8 Å². The highest BCUT2D eigenvalue weighted by Gasteiger charge is 2.33. The van der Waals surface area contributed by atoms with Crippen molar-refractivity contribution >= 4 is 29.1 Å². The van der Waals surface area contributed by atoms with Gasteiger partial charge in [0, 0.05) is 30.6 Å². The molecule has 0 bridgehead atoms. The number of methoxy groups -OCH3 is 1. The average molecular weight is 393 g/mol. The molecule has 3 rings (SSSR count). The Morgan fingerprint density at radius 2 is 1.70 bits per heavy atom. The molecular weight excluding hydrogens is 364 g/mol. The first-order valence-corrected chi connectivity index (χ1v) is 10.3. The first-order valence-electron chi connectivity index (χ1n) is 9.91. The highest BCUT2D eigenvalue weighted by molar-refractivity contribution is 6.32. The molecule has 1 aromatic carbocycles. The number of piperidine rings is 1. The highest BCUT2D eigenvalue weighted by Crippen LogP contribution is 2.33. The van der Waals surface area contributed by atoms with Crippen LogP contribution in [0.5, 0.6) is 5.75 Å². The van der Waals surface area contributed by atoms with Crippen molar-refractivity contribution in [1.82, 2.24) is 4.90 Å². The second-order valence-corrected chi connectivity index (χ2v) is 8.30. The Morgan fingerprint density at radius 1 is 1.07 bits per heavy atom. The molecule has 1 saturated carbocycles. The molecule has 6 heteroatoms. The van der Waals surface area contributed by atoms with E-state index in [1.165, 1.54) is 0 Å². The Kier molecular flexibility index (Phi) is 6.64. The molecule has 1 heterocycles. The van der Waals surface area contributed by atoms with E-state index in [0.717, 1.165) is 57.5 Å². The molecular formula is C21H29ClN2O3. The molecule has 148 valence electrons. The van der Waals surface area contributed by atoms with Gasteiger partial charge in [-0.2, -0.15) is 0 Å². The third-order valence-electron chi connectivity index (χ3n) is 5.96. The summed E-state index contributed by atoms with van der Waals surface area (Å²) in [5, 5.41) is 3.41. The lowest BCUT2D eigenvalue weighted by Crippen LogP contribution is -2.42. The minimum atomic E-state index is -0.0451. The maximum absolute atomic E-state index is 12.7. The predicted octanol–water partition coefficient (Wildman–Crippen LogP) is 4.35. The molecule has 1 N–H and O–H groups in total. The summed E-state index contributed by atoms with van der Waals surface area (Å²) in [5.41, 5.74) is 0.673. The van der Waals surface area contributed by atoms with E-state index < -0.39 is 0 Å². The second-order valence-electron chi connectivity index (χ2n) is 7.89. The number of likely N-dealkylation sites (tertiary alicyclic amines) is 1. The van der Waals surface area contributed by atoms with E-state index in [2.05, 4.69) is 12.2 Å². The SMILES string of the molecule is COc1ccc(NC(=O)C2CCC(C(=O)N3CCC(C)CC3)CC2)cc1Cl. The van der Waals surface area contributed by atoms with E-state index >= 15 is 0 Å². The van der Waals surface area contributed by atoms with E-state index in [4.69, 9.17) is 16.3 Å². The number of amides is 2. The Hall–Kier alpha value is -1.75. The number of hydrogen-bond acceptors (Lipinski definition) is 3. The van der Waals surface area contributed by atoms with Crippen LogP contribution in [0.1, 0.15) is 45.4 Å². The van der Waals surface area contributed by atoms with Crippen LogP contribution in [0.25, 0.3) is 0 Å². The van der Waals surface area contributed by atoms with Gasteiger partial charge in [-0.25, -0.2) is 0 Å². The zero-order valence-electron chi connectivity index (χ0n) is 16.2. The lowest BCUT2D eigenvalue weighted by Gasteiger charge is -2.35. The fraction of sp³-hybridized carbons (Fsp3) is 0.619. The molecule has 0 atom stereocenters. The topological polar surface area (TPSA) is 58.6 Å². The monoisotopic (exact) mass is 392 g/mol. The van der Waals surface area contributed by atoms with Crippen molar-refractivity contribution in [3.8, 4) is 5.75 Å². The van der Waals surface area contributed by atoms with E-state index in [1.54, 1.807) is 25.3 Å². The zero-order valence-corrected chi connectivity index (χ0v) is 16.9. The van der Waals surface area contributed by atoms with Crippen LogP contribution in [0.15, 0.2) is 18.2 Å². The Morgan fingerprint density at radius 3 is 2.30 bits per heavy atom. The number of rotatable bonds is 4. The number of ether oxygens (including phenoxy) is 1. The lowest BCUT2D eigenvalue weighted by molar-refractivity contribution is -0.139. The molecule has 1 saturated heterocycles. The van der Waals surface area contributed by atoms with Crippen LogP contribution in [0, 0.1) is 17.8 Å². The molecule has 1 aliphatic carbocycles. The van der Waals surface area contributed by atoms with Gasteiger partial charge >= 0.3 is 0 Å². The standard InChI is InChI=1S/C21H29ClN2O3/c1-14-9-11-24(12-10-14)21(26)16-5-3-15(4-6-16)20(25)23-17-7-8-19(27-2)18(22)13-17/h7-8,13-16H,3-6,9-12H2,1-2H3,(H,23,25). The van der Waals surface area contributed by atoms with Gasteiger partial charge in [-0.1, -0.05) is 18.5 Å². The van der Waals surface area contributed by atoms with E-state index in [-0.39, 0.29) is 17.7 Å². The molecule has 1 aliphatic heterocycles. The van der Waals surface area contributed by atoms with E-state index in [0.29, 0.717) is 22.4 Å². The van der Waals surface area contributed by atoms with Crippen LogP contribution in [0.2, 0.25) is 5.02 Å². The maximum Gasteiger partial charge on any atom is 0.227 e. The Labute approximate surface area is 166 Å². The average Bonchev–Trinajstić information content (AvgIpc) is 2.68. The van der Waals surface area contributed by atoms with Crippen LogP contribution in [-0.2, 0) is 9.59 Å². The summed E-state index contributed by atoms with van der Waals surface area (Å²) in [4.78, 5) is 27.3. The van der Waals surface area contributed by atoms with Gasteiger partial charge in [0.15, 0.2) is 0 Å². The Balaban J connectivity index is 1.49. The summed E-state index contributed by atoms with van der Waals surface area (Å²) < 4.78 is 5.13. The predicted molar refractivity (Wildman–Crippen MR) is 107 cm³/mol. The first kappa shape index (κ1) is 20.0. The summed E-state index contributed by atoms with van der Waals surface area (Å²) in [7, 11) is 1.56. The minimum Gasteiger partial charge on any atom is -0.495 e.